The number of carbonyl (C=O) groups is 2. The molecule has 3 rings (SSSR count). The number of hydrogen-bond acceptors (Lipinski definition) is 4. The topological polar surface area (TPSA) is 70.7 Å². The number of hydrogen-bond donors (Lipinski definition) is 2. The van der Waals surface area contributed by atoms with Gasteiger partial charge in [-0.25, -0.2) is 0 Å². The fourth-order valence-corrected chi connectivity index (χ4v) is 3.66. The number of nitrogens with zero attached hydrogens (tertiary/aromatic N) is 1. The number of nitrogens with one attached hydrogen (secondary N) is 2. The van der Waals surface area contributed by atoms with Crippen LogP contribution in [0, 0.1) is 0 Å². The molecule has 1 heterocycles. The van der Waals surface area contributed by atoms with E-state index in [4.69, 9.17) is 17.0 Å². The lowest BCUT2D eigenvalue weighted by Crippen LogP contribution is -2.41. The molecule has 1 saturated carbocycles. The molecule has 0 radical (unpaired) electrons. The third-order valence-corrected chi connectivity index (χ3v) is 5.00. The van der Waals surface area contributed by atoms with Crippen LogP contribution in [0.25, 0.3) is 6.08 Å². The second-order valence-corrected chi connectivity index (χ2v) is 6.84. The zero-order chi connectivity index (χ0) is 18.5. The predicted molar refractivity (Wildman–Crippen MR) is 103 cm³/mol. The van der Waals surface area contributed by atoms with Crippen molar-refractivity contribution in [2.45, 2.75) is 38.1 Å². The Labute approximate surface area is 158 Å². The number of carbonyl (C=O) groups excluding carboxylic acids is 2. The first kappa shape index (κ1) is 18.4. The van der Waals surface area contributed by atoms with Crippen LogP contribution in [0.1, 0.15) is 37.7 Å². The molecule has 2 aliphatic rings. The van der Waals surface area contributed by atoms with Gasteiger partial charge in [0.1, 0.15) is 11.4 Å². The Hall–Kier alpha value is -2.41. The van der Waals surface area contributed by atoms with Crippen molar-refractivity contribution in [3.05, 3.63) is 35.5 Å². The molecule has 1 aromatic carbocycles. The Morgan fingerprint density at radius 2 is 2.08 bits per heavy atom. The molecule has 1 aliphatic carbocycles. The van der Waals surface area contributed by atoms with Crippen LogP contribution in [0.4, 0.5) is 0 Å². The van der Waals surface area contributed by atoms with E-state index < -0.39 is 0 Å². The molecular formula is C19H23N3O3S. The lowest BCUT2D eigenvalue weighted by Gasteiger charge is -2.29. The first-order valence-corrected chi connectivity index (χ1v) is 9.29. The van der Waals surface area contributed by atoms with E-state index in [1.807, 2.05) is 18.2 Å². The molecule has 1 aliphatic heterocycles. The van der Waals surface area contributed by atoms with Crippen molar-refractivity contribution >= 4 is 35.2 Å². The van der Waals surface area contributed by atoms with E-state index in [-0.39, 0.29) is 24.5 Å². The van der Waals surface area contributed by atoms with Crippen molar-refractivity contribution in [3.8, 4) is 5.75 Å². The molecule has 0 aromatic heterocycles. The van der Waals surface area contributed by atoms with Gasteiger partial charge in [-0.1, -0.05) is 37.5 Å². The van der Waals surface area contributed by atoms with Crippen LogP contribution < -0.4 is 15.4 Å². The summed E-state index contributed by atoms with van der Waals surface area (Å²) in [6, 6.07) is 7.47. The van der Waals surface area contributed by atoms with E-state index in [1.165, 1.54) is 6.42 Å². The lowest BCUT2D eigenvalue weighted by molar-refractivity contribution is -0.124. The second kappa shape index (κ2) is 8.31. The average Bonchev–Trinajstić information content (AvgIpc) is 2.94. The minimum atomic E-state index is -0.216. The number of ether oxygens (including phenoxy) is 1. The minimum Gasteiger partial charge on any atom is -0.483 e. The Morgan fingerprint density at radius 3 is 2.81 bits per heavy atom. The number of rotatable bonds is 5. The van der Waals surface area contributed by atoms with E-state index >= 15 is 0 Å². The third kappa shape index (κ3) is 4.04. The summed E-state index contributed by atoms with van der Waals surface area (Å²) in [5.41, 5.74) is 1.16. The zero-order valence-corrected chi connectivity index (χ0v) is 15.6. The number of thiocarbonyl (C=S) groups is 1. The van der Waals surface area contributed by atoms with Crippen LogP contribution in [0.5, 0.6) is 5.75 Å². The van der Waals surface area contributed by atoms with E-state index in [1.54, 1.807) is 24.1 Å². The zero-order valence-electron chi connectivity index (χ0n) is 14.8. The highest BCUT2D eigenvalue weighted by Crippen LogP contribution is 2.28. The summed E-state index contributed by atoms with van der Waals surface area (Å²) in [4.78, 5) is 26.0. The van der Waals surface area contributed by atoms with Gasteiger partial charge in [-0.05, 0) is 37.2 Å². The van der Waals surface area contributed by atoms with Gasteiger partial charge in [0.2, 0.25) is 0 Å². The first-order valence-electron chi connectivity index (χ1n) is 8.89. The molecule has 2 amide bonds. The number of likely N-dealkylation sites (N-methyl/N-ethyl adjacent to an activating group) is 1. The van der Waals surface area contributed by atoms with Gasteiger partial charge >= 0.3 is 0 Å². The highest BCUT2D eigenvalue weighted by atomic mass is 32.1. The van der Waals surface area contributed by atoms with Crippen molar-refractivity contribution in [2.24, 2.45) is 0 Å². The summed E-state index contributed by atoms with van der Waals surface area (Å²) in [6.07, 6.45) is 7.20. The van der Waals surface area contributed by atoms with Crippen LogP contribution in [0.3, 0.4) is 0 Å². The maximum atomic E-state index is 12.8. The van der Waals surface area contributed by atoms with Gasteiger partial charge in [-0.3, -0.25) is 14.5 Å². The van der Waals surface area contributed by atoms with Crippen molar-refractivity contribution in [3.63, 3.8) is 0 Å². The molecule has 0 bridgehead atoms. The quantitative estimate of drug-likeness (QED) is 0.612. The minimum absolute atomic E-state index is 0.0787. The van der Waals surface area contributed by atoms with Crippen LogP contribution in [0.2, 0.25) is 0 Å². The Kier molecular flexibility index (Phi) is 5.88. The van der Waals surface area contributed by atoms with Crippen LogP contribution >= 0.6 is 12.2 Å². The first-order chi connectivity index (χ1) is 12.6. The fourth-order valence-electron chi connectivity index (χ4n) is 3.32. The molecule has 0 atom stereocenters. The SMILES string of the molecule is CNC(=O)COc1ccccc1C=C1NC(=S)N(C2CCCCC2)C1=O. The summed E-state index contributed by atoms with van der Waals surface area (Å²) < 4.78 is 5.56. The maximum Gasteiger partial charge on any atom is 0.276 e. The van der Waals surface area contributed by atoms with Gasteiger partial charge in [0.25, 0.3) is 11.8 Å². The summed E-state index contributed by atoms with van der Waals surface area (Å²) in [6.45, 7) is -0.0787. The molecule has 6 nitrogen and oxygen atoms in total. The Morgan fingerprint density at radius 1 is 1.35 bits per heavy atom. The molecule has 1 saturated heterocycles. The fraction of sp³-hybridized carbons (Fsp3) is 0.421. The van der Waals surface area contributed by atoms with Crippen molar-refractivity contribution < 1.29 is 14.3 Å². The predicted octanol–water partition coefficient (Wildman–Crippen LogP) is 2.20. The van der Waals surface area contributed by atoms with Gasteiger partial charge in [0, 0.05) is 18.7 Å². The summed E-state index contributed by atoms with van der Waals surface area (Å²) in [5.74, 6) is 0.232. The normalized spacial score (nSPS) is 19.6. The Bertz CT molecular complexity index is 741. The number of amides is 2. The van der Waals surface area contributed by atoms with Gasteiger partial charge < -0.3 is 15.4 Å². The molecule has 0 spiro atoms. The molecule has 2 fully saturated rings. The van der Waals surface area contributed by atoms with Crippen LogP contribution in [-0.2, 0) is 9.59 Å². The largest absolute Gasteiger partial charge is 0.483 e. The molecule has 2 N–H and O–H groups in total. The smallest absolute Gasteiger partial charge is 0.276 e. The Balaban J connectivity index is 1.79. The highest BCUT2D eigenvalue weighted by molar-refractivity contribution is 7.80. The average molecular weight is 373 g/mol. The van der Waals surface area contributed by atoms with Crippen molar-refractivity contribution in [1.82, 2.24) is 15.5 Å². The standard InChI is InChI=1S/C19H23N3O3S/c1-20-17(23)12-25-16-10-6-5-7-13(16)11-15-18(24)22(19(26)21-15)14-8-3-2-4-9-14/h5-7,10-11,14H,2-4,8-9,12H2,1H3,(H,20,23)(H,21,26). The van der Waals surface area contributed by atoms with E-state index in [2.05, 4.69) is 10.6 Å². The van der Waals surface area contributed by atoms with E-state index in [0.29, 0.717) is 16.6 Å². The van der Waals surface area contributed by atoms with Gasteiger partial charge in [-0.2, -0.15) is 0 Å². The van der Waals surface area contributed by atoms with Gasteiger partial charge in [-0.15, -0.1) is 0 Å². The summed E-state index contributed by atoms with van der Waals surface area (Å²) in [5, 5.41) is 6.02. The summed E-state index contributed by atoms with van der Waals surface area (Å²) >= 11 is 5.39. The second-order valence-electron chi connectivity index (χ2n) is 6.45. The highest BCUT2D eigenvalue weighted by Gasteiger charge is 2.36. The molecule has 7 heteroatoms. The van der Waals surface area contributed by atoms with Crippen LogP contribution in [-0.4, -0.2) is 41.5 Å². The summed E-state index contributed by atoms with van der Waals surface area (Å²) in [7, 11) is 1.56. The molecule has 138 valence electrons. The molecule has 26 heavy (non-hydrogen) atoms. The number of benzene rings is 1. The van der Waals surface area contributed by atoms with E-state index in [0.717, 1.165) is 31.2 Å². The maximum absolute atomic E-state index is 12.8. The molecule has 1 aromatic rings. The van der Waals surface area contributed by atoms with Gasteiger partial charge in [0.15, 0.2) is 11.7 Å². The van der Waals surface area contributed by atoms with Gasteiger partial charge in [0.05, 0.1) is 0 Å². The van der Waals surface area contributed by atoms with Crippen molar-refractivity contribution in [1.29, 1.82) is 0 Å². The molecule has 0 unspecified atom stereocenters. The number of para-hydroxylation sites is 1. The van der Waals surface area contributed by atoms with Crippen molar-refractivity contribution in [2.75, 3.05) is 13.7 Å². The lowest BCUT2D eigenvalue weighted by atomic mass is 9.94. The molecular weight excluding hydrogens is 350 g/mol. The third-order valence-electron chi connectivity index (χ3n) is 4.71. The van der Waals surface area contributed by atoms with E-state index in [9.17, 15) is 9.59 Å². The van der Waals surface area contributed by atoms with Crippen LogP contribution in [0.15, 0.2) is 30.0 Å². The monoisotopic (exact) mass is 373 g/mol.